The Balaban J connectivity index is 2.63. The molecule has 2 aromatic rings. The summed E-state index contributed by atoms with van der Waals surface area (Å²) in [7, 11) is 1.66. The molecule has 0 fully saturated rings. The number of hydrogen-bond donors (Lipinski definition) is 1. The number of rotatable bonds is 2. The molecular formula is C12H11F2N3. The molecule has 0 aliphatic rings. The fourth-order valence-electron chi connectivity index (χ4n) is 1.52. The van der Waals surface area contributed by atoms with Gasteiger partial charge in [0, 0.05) is 18.8 Å². The van der Waals surface area contributed by atoms with E-state index >= 15 is 0 Å². The third-order valence-electron chi connectivity index (χ3n) is 2.40. The van der Waals surface area contributed by atoms with Gasteiger partial charge in [-0.1, -0.05) is 6.07 Å². The summed E-state index contributed by atoms with van der Waals surface area (Å²) >= 11 is 0. The largest absolute Gasteiger partial charge is 0.357 e. The van der Waals surface area contributed by atoms with E-state index in [4.69, 9.17) is 0 Å². The summed E-state index contributed by atoms with van der Waals surface area (Å²) in [4.78, 5) is 8.13. The maximum absolute atomic E-state index is 13.6. The maximum atomic E-state index is 13.6. The van der Waals surface area contributed by atoms with Gasteiger partial charge in [-0.25, -0.2) is 18.7 Å². The number of nitrogens with one attached hydrogen (secondary N) is 1. The van der Waals surface area contributed by atoms with Crippen LogP contribution in [0.25, 0.3) is 11.3 Å². The van der Waals surface area contributed by atoms with Gasteiger partial charge in [-0.05, 0) is 24.6 Å². The van der Waals surface area contributed by atoms with Gasteiger partial charge < -0.3 is 5.32 Å². The first-order chi connectivity index (χ1) is 8.13. The number of benzene rings is 1. The molecule has 1 aromatic heterocycles. The van der Waals surface area contributed by atoms with E-state index in [0.717, 1.165) is 6.07 Å². The topological polar surface area (TPSA) is 37.8 Å². The van der Waals surface area contributed by atoms with Crippen LogP contribution in [0.2, 0.25) is 0 Å². The molecule has 0 saturated carbocycles. The quantitative estimate of drug-likeness (QED) is 0.869. The Morgan fingerprint density at radius 3 is 2.71 bits per heavy atom. The SMILES string of the molecule is CNc1ncc(C)c(-c2cccc(F)c2F)n1. The van der Waals surface area contributed by atoms with Crippen LogP contribution >= 0.6 is 0 Å². The Hall–Kier alpha value is -2.04. The monoisotopic (exact) mass is 235 g/mol. The first kappa shape index (κ1) is 11.4. The van der Waals surface area contributed by atoms with Crippen LogP contribution in [0.15, 0.2) is 24.4 Å². The predicted molar refractivity (Wildman–Crippen MR) is 61.7 cm³/mol. The molecule has 0 atom stereocenters. The van der Waals surface area contributed by atoms with E-state index in [1.54, 1.807) is 20.2 Å². The van der Waals surface area contributed by atoms with E-state index in [-0.39, 0.29) is 5.56 Å². The maximum Gasteiger partial charge on any atom is 0.222 e. The van der Waals surface area contributed by atoms with Crippen molar-refractivity contribution in [3.05, 3.63) is 41.6 Å². The van der Waals surface area contributed by atoms with Crippen molar-refractivity contribution in [2.75, 3.05) is 12.4 Å². The molecule has 88 valence electrons. The first-order valence-electron chi connectivity index (χ1n) is 5.09. The van der Waals surface area contributed by atoms with E-state index in [1.165, 1.54) is 12.1 Å². The molecule has 2 rings (SSSR count). The van der Waals surface area contributed by atoms with Gasteiger partial charge in [-0.2, -0.15) is 0 Å². The van der Waals surface area contributed by atoms with Crippen LogP contribution in [-0.2, 0) is 0 Å². The molecular weight excluding hydrogens is 224 g/mol. The Morgan fingerprint density at radius 1 is 1.24 bits per heavy atom. The fourth-order valence-corrected chi connectivity index (χ4v) is 1.52. The van der Waals surface area contributed by atoms with Gasteiger partial charge in [-0.15, -0.1) is 0 Å². The minimum absolute atomic E-state index is 0.140. The highest BCUT2D eigenvalue weighted by molar-refractivity contribution is 5.64. The number of anilines is 1. The van der Waals surface area contributed by atoms with Crippen LogP contribution < -0.4 is 5.32 Å². The number of halogens is 2. The van der Waals surface area contributed by atoms with E-state index in [1.807, 2.05) is 0 Å². The zero-order chi connectivity index (χ0) is 12.4. The molecule has 1 heterocycles. The van der Waals surface area contributed by atoms with E-state index in [0.29, 0.717) is 17.2 Å². The smallest absolute Gasteiger partial charge is 0.222 e. The summed E-state index contributed by atoms with van der Waals surface area (Å²) in [5.74, 6) is -1.41. The van der Waals surface area contributed by atoms with E-state index < -0.39 is 11.6 Å². The Bertz CT molecular complexity index is 555. The lowest BCUT2D eigenvalue weighted by Gasteiger charge is -2.08. The second-order valence-electron chi connectivity index (χ2n) is 3.58. The van der Waals surface area contributed by atoms with Crippen LogP contribution in [0.5, 0.6) is 0 Å². The Kier molecular flexibility index (Phi) is 2.99. The highest BCUT2D eigenvalue weighted by Crippen LogP contribution is 2.25. The van der Waals surface area contributed by atoms with Gasteiger partial charge in [0.25, 0.3) is 0 Å². The molecule has 1 N–H and O–H groups in total. The minimum atomic E-state index is -0.892. The molecule has 0 aliphatic carbocycles. The van der Waals surface area contributed by atoms with Crippen molar-refractivity contribution in [1.29, 1.82) is 0 Å². The predicted octanol–water partition coefficient (Wildman–Crippen LogP) is 2.77. The molecule has 0 unspecified atom stereocenters. The molecule has 0 aliphatic heterocycles. The normalized spacial score (nSPS) is 10.4. The van der Waals surface area contributed by atoms with Crippen LogP contribution in [0.3, 0.4) is 0 Å². The number of aromatic nitrogens is 2. The highest BCUT2D eigenvalue weighted by atomic mass is 19.2. The van der Waals surface area contributed by atoms with Crippen molar-refractivity contribution >= 4 is 5.95 Å². The molecule has 0 amide bonds. The van der Waals surface area contributed by atoms with Crippen molar-refractivity contribution < 1.29 is 8.78 Å². The summed E-state index contributed by atoms with van der Waals surface area (Å²) in [6.07, 6.45) is 1.57. The van der Waals surface area contributed by atoms with Gasteiger partial charge in [0.1, 0.15) is 0 Å². The van der Waals surface area contributed by atoms with Crippen molar-refractivity contribution in [1.82, 2.24) is 9.97 Å². The lowest BCUT2D eigenvalue weighted by Crippen LogP contribution is -2.01. The van der Waals surface area contributed by atoms with Gasteiger partial charge in [0.05, 0.1) is 5.69 Å². The van der Waals surface area contributed by atoms with Gasteiger partial charge in [-0.3, -0.25) is 0 Å². The lowest BCUT2D eigenvalue weighted by atomic mass is 10.1. The van der Waals surface area contributed by atoms with Gasteiger partial charge >= 0.3 is 0 Å². The second-order valence-corrected chi connectivity index (χ2v) is 3.58. The van der Waals surface area contributed by atoms with Gasteiger partial charge in [0.2, 0.25) is 5.95 Å². The van der Waals surface area contributed by atoms with Crippen molar-refractivity contribution in [3.8, 4) is 11.3 Å². The second kappa shape index (κ2) is 4.45. The van der Waals surface area contributed by atoms with Crippen LogP contribution in [0.4, 0.5) is 14.7 Å². The third-order valence-corrected chi connectivity index (χ3v) is 2.40. The van der Waals surface area contributed by atoms with Gasteiger partial charge in [0.15, 0.2) is 11.6 Å². The van der Waals surface area contributed by atoms with Crippen LogP contribution in [-0.4, -0.2) is 17.0 Å². The van der Waals surface area contributed by atoms with Crippen molar-refractivity contribution in [3.63, 3.8) is 0 Å². The number of hydrogen-bond acceptors (Lipinski definition) is 3. The summed E-state index contributed by atoms with van der Waals surface area (Å²) in [6, 6.07) is 4.02. The Labute approximate surface area is 97.5 Å². The molecule has 3 nitrogen and oxygen atoms in total. The Morgan fingerprint density at radius 2 is 2.00 bits per heavy atom. The summed E-state index contributed by atoms with van der Waals surface area (Å²) in [6.45, 7) is 1.75. The summed E-state index contributed by atoms with van der Waals surface area (Å²) in [5.41, 5.74) is 1.22. The van der Waals surface area contributed by atoms with E-state index in [9.17, 15) is 8.78 Å². The lowest BCUT2D eigenvalue weighted by molar-refractivity contribution is 0.511. The molecule has 17 heavy (non-hydrogen) atoms. The average molecular weight is 235 g/mol. The van der Waals surface area contributed by atoms with Crippen LogP contribution in [0, 0.1) is 18.6 Å². The zero-order valence-corrected chi connectivity index (χ0v) is 9.46. The third kappa shape index (κ3) is 2.08. The van der Waals surface area contributed by atoms with Crippen LogP contribution in [0.1, 0.15) is 5.56 Å². The number of aryl methyl sites for hydroxylation is 1. The average Bonchev–Trinajstić information content (AvgIpc) is 2.34. The minimum Gasteiger partial charge on any atom is -0.357 e. The first-order valence-corrected chi connectivity index (χ1v) is 5.09. The molecule has 1 aromatic carbocycles. The van der Waals surface area contributed by atoms with E-state index in [2.05, 4.69) is 15.3 Å². The molecule has 5 heteroatoms. The molecule has 0 saturated heterocycles. The zero-order valence-electron chi connectivity index (χ0n) is 9.46. The standard InChI is InChI=1S/C12H11F2N3/c1-7-6-16-12(15-2)17-11(7)8-4-3-5-9(13)10(8)14/h3-6H,1-2H3,(H,15,16,17). The summed E-state index contributed by atoms with van der Waals surface area (Å²) < 4.78 is 26.8. The molecule has 0 radical (unpaired) electrons. The van der Waals surface area contributed by atoms with Crippen molar-refractivity contribution in [2.24, 2.45) is 0 Å². The highest BCUT2D eigenvalue weighted by Gasteiger charge is 2.13. The van der Waals surface area contributed by atoms with Crippen molar-refractivity contribution in [2.45, 2.75) is 6.92 Å². The number of nitrogens with zero attached hydrogens (tertiary/aromatic N) is 2. The molecule has 0 bridgehead atoms. The molecule has 0 spiro atoms. The summed E-state index contributed by atoms with van der Waals surface area (Å²) in [5, 5.41) is 2.76. The fraction of sp³-hybridized carbons (Fsp3) is 0.167.